The van der Waals surface area contributed by atoms with Gasteiger partial charge in [0.15, 0.2) is 0 Å². The smallest absolute Gasteiger partial charge is 0.308 e. The number of amides is 1. The van der Waals surface area contributed by atoms with Crippen LogP contribution in [0, 0.1) is 5.92 Å². The molecular weight excluding hydrogens is 258 g/mol. The third kappa shape index (κ3) is 3.37. The molecule has 0 spiro atoms. The van der Waals surface area contributed by atoms with Crippen molar-refractivity contribution < 1.29 is 19.8 Å². The van der Waals surface area contributed by atoms with E-state index in [2.05, 4.69) is 0 Å². The van der Waals surface area contributed by atoms with Crippen molar-refractivity contribution in [2.24, 2.45) is 5.92 Å². The van der Waals surface area contributed by atoms with Gasteiger partial charge in [0.25, 0.3) is 5.91 Å². The molecule has 1 aromatic rings. The SMILES string of the molecule is CC(CN(C)C(=O)c1ccc(O)c(Cl)c1)C(=O)O. The molecule has 0 aliphatic carbocycles. The summed E-state index contributed by atoms with van der Waals surface area (Å²) in [5.41, 5.74) is 0.304. The quantitative estimate of drug-likeness (QED) is 0.876. The van der Waals surface area contributed by atoms with Crippen molar-refractivity contribution in [1.82, 2.24) is 4.90 Å². The molecule has 0 aliphatic rings. The van der Waals surface area contributed by atoms with E-state index in [4.69, 9.17) is 16.7 Å². The summed E-state index contributed by atoms with van der Waals surface area (Å²) < 4.78 is 0. The lowest BCUT2D eigenvalue weighted by Crippen LogP contribution is -2.33. The van der Waals surface area contributed by atoms with Crippen molar-refractivity contribution in [1.29, 1.82) is 0 Å². The third-order valence-corrected chi connectivity index (χ3v) is 2.81. The fraction of sp³-hybridized carbons (Fsp3) is 0.333. The molecule has 18 heavy (non-hydrogen) atoms. The molecule has 0 heterocycles. The Bertz CT molecular complexity index is 475. The number of phenolic OH excluding ortho intramolecular Hbond substituents is 1. The third-order valence-electron chi connectivity index (χ3n) is 2.51. The van der Waals surface area contributed by atoms with Gasteiger partial charge in [0, 0.05) is 19.2 Å². The van der Waals surface area contributed by atoms with Gasteiger partial charge in [-0.3, -0.25) is 9.59 Å². The number of aromatic hydroxyl groups is 1. The number of halogens is 1. The molecular formula is C12H14ClNO4. The van der Waals surface area contributed by atoms with Crippen LogP contribution in [0.25, 0.3) is 0 Å². The first kappa shape index (κ1) is 14.3. The minimum absolute atomic E-state index is 0.0838. The van der Waals surface area contributed by atoms with Gasteiger partial charge < -0.3 is 15.1 Å². The summed E-state index contributed by atoms with van der Waals surface area (Å²) in [6, 6.07) is 4.11. The van der Waals surface area contributed by atoms with E-state index in [9.17, 15) is 14.7 Å². The highest BCUT2D eigenvalue weighted by molar-refractivity contribution is 6.32. The van der Waals surface area contributed by atoms with Crippen LogP contribution in [0.2, 0.25) is 5.02 Å². The van der Waals surface area contributed by atoms with E-state index in [1.807, 2.05) is 0 Å². The average Bonchev–Trinajstić information content (AvgIpc) is 2.31. The van der Waals surface area contributed by atoms with Crippen LogP contribution in [-0.2, 0) is 4.79 Å². The van der Waals surface area contributed by atoms with Crippen LogP contribution in [-0.4, -0.2) is 40.6 Å². The summed E-state index contributed by atoms with van der Waals surface area (Å²) in [5, 5.41) is 18.1. The molecule has 1 unspecified atom stereocenters. The number of nitrogens with zero attached hydrogens (tertiary/aromatic N) is 1. The average molecular weight is 272 g/mol. The van der Waals surface area contributed by atoms with Gasteiger partial charge in [-0.2, -0.15) is 0 Å². The van der Waals surface area contributed by atoms with Crippen LogP contribution >= 0.6 is 11.6 Å². The number of hydrogen-bond donors (Lipinski definition) is 2. The zero-order valence-electron chi connectivity index (χ0n) is 10.1. The van der Waals surface area contributed by atoms with E-state index in [0.29, 0.717) is 5.56 Å². The molecule has 0 aliphatic heterocycles. The molecule has 0 saturated heterocycles. The Kier molecular flexibility index (Phi) is 4.55. The summed E-state index contributed by atoms with van der Waals surface area (Å²) in [6.45, 7) is 1.63. The van der Waals surface area contributed by atoms with Crippen LogP contribution in [0.15, 0.2) is 18.2 Å². The molecule has 98 valence electrons. The number of carboxylic acid groups (broad SMARTS) is 1. The fourth-order valence-corrected chi connectivity index (χ4v) is 1.61. The Morgan fingerprint density at radius 3 is 2.56 bits per heavy atom. The first-order valence-corrected chi connectivity index (χ1v) is 5.67. The number of carbonyl (C=O) groups is 2. The second-order valence-corrected chi connectivity index (χ2v) is 4.50. The van der Waals surface area contributed by atoms with E-state index in [0.717, 1.165) is 0 Å². The normalized spacial score (nSPS) is 11.9. The van der Waals surface area contributed by atoms with Crippen molar-refractivity contribution in [3.8, 4) is 5.75 Å². The summed E-state index contributed by atoms with van der Waals surface area (Å²) in [5.74, 6) is -2.05. The maximum Gasteiger partial charge on any atom is 0.308 e. The predicted octanol–water partition coefficient (Wildman–Crippen LogP) is 1.84. The monoisotopic (exact) mass is 271 g/mol. The molecule has 5 nitrogen and oxygen atoms in total. The van der Waals surface area contributed by atoms with Gasteiger partial charge in [0.2, 0.25) is 0 Å². The van der Waals surface area contributed by atoms with E-state index in [-0.39, 0.29) is 23.2 Å². The molecule has 1 amide bonds. The topological polar surface area (TPSA) is 77.8 Å². The van der Waals surface area contributed by atoms with Crippen LogP contribution in [0.1, 0.15) is 17.3 Å². The first-order chi connectivity index (χ1) is 8.32. The van der Waals surface area contributed by atoms with Gasteiger partial charge in [0.1, 0.15) is 5.75 Å². The number of phenols is 1. The second kappa shape index (κ2) is 5.73. The molecule has 0 saturated carbocycles. The Morgan fingerprint density at radius 1 is 1.44 bits per heavy atom. The van der Waals surface area contributed by atoms with Gasteiger partial charge in [0.05, 0.1) is 10.9 Å². The molecule has 0 bridgehead atoms. The second-order valence-electron chi connectivity index (χ2n) is 4.09. The molecule has 1 atom stereocenters. The van der Waals surface area contributed by atoms with Gasteiger partial charge in [-0.1, -0.05) is 18.5 Å². The number of carboxylic acids is 1. The number of aliphatic carboxylic acids is 1. The lowest BCUT2D eigenvalue weighted by Gasteiger charge is -2.19. The minimum Gasteiger partial charge on any atom is -0.506 e. The number of rotatable bonds is 4. The highest BCUT2D eigenvalue weighted by atomic mass is 35.5. The number of hydrogen-bond acceptors (Lipinski definition) is 3. The standard InChI is InChI=1S/C12H14ClNO4/c1-7(12(17)18)6-14(2)11(16)8-3-4-10(15)9(13)5-8/h3-5,7,15H,6H2,1-2H3,(H,17,18). The molecule has 0 fully saturated rings. The van der Waals surface area contributed by atoms with Crippen molar-refractivity contribution in [3.05, 3.63) is 28.8 Å². The Labute approximate surface area is 110 Å². The Morgan fingerprint density at radius 2 is 2.06 bits per heavy atom. The highest BCUT2D eigenvalue weighted by Gasteiger charge is 2.19. The van der Waals surface area contributed by atoms with E-state index < -0.39 is 11.9 Å². The largest absolute Gasteiger partial charge is 0.506 e. The maximum absolute atomic E-state index is 12.0. The summed E-state index contributed by atoms with van der Waals surface area (Å²) >= 11 is 5.70. The van der Waals surface area contributed by atoms with Crippen molar-refractivity contribution in [2.45, 2.75) is 6.92 Å². The molecule has 1 rings (SSSR count). The Balaban J connectivity index is 2.80. The number of benzene rings is 1. The number of carbonyl (C=O) groups excluding carboxylic acids is 1. The van der Waals surface area contributed by atoms with Crippen LogP contribution in [0.5, 0.6) is 5.75 Å². The summed E-state index contributed by atoms with van der Waals surface area (Å²) in [6.07, 6.45) is 0. The van der Waals surface area contributed by atoms with E-state index in [1.165, 1.54) is 37.1 Å². The predicted molar refractivity (Wildman–Crippen MR) is 66.9 cm³/mol. The van der Waals surface area contributed by atoms with Crippen LogP contribution in [0.4, 0.5) is 0 Å². The van der Waals surface area contributed by atoms with Crippen molar-refractivity contribution in [3.63, 3.8) is 0 Å². The first-order valence-electron chi connectivity index (χ1n) is 5.29. The van der Waals surface area contributed by atoms with Crippen molar-refractivity contribution in [2.75, 3.05) is 13.6 Å². The lowest BCUT2D eigenvalue weighted by molar-refractivity contribution is -0.141. The molecule has 2 N–H and O–H groups in total. The van der Waals surface area contributed by atoms with Gasteiger partial charge in [-0.15, -0.1) is 0 Å². The van der Waals surface area contributed by atoms with Gasteiger partial charge in [-0.25, -0.2) is 0 Å². The fourth-order valence-electron chi connectivity index (χ4n) is 1.43. The molecule has 0 radical (unpaired) electrons. The molecule has 6 heteroatoms. The molecule has 1 aromatic carbocycles. The van der Waals surface area contributed by atoms with Crippen molar-refractivity contribution >= 4 is 23.5 Å². The summed E-state index contributed by atoms with van der Waals surface area (Å²) in [7, 11) is 1.52. The molecule has 0 aromatic heterocycles. The van der Waals surface area contributed by atoms with Crippen LogP contribution < -0.4 is 0 Å². The lowest BCUT2D eigenvalue weighted by atomic mass is 10.1. The minimum atomic E-state index is -0.960. The Hall–Kier alpha value is -1.75. The zero-order chi connectivity index (χ0) is 13.9. The maximum atomic E-state index is 12.0. The van der Waals surface area contributed by atoms with Gasteiger partial charge in [-0.05, 0) is 18.2 Å². The summed E-state index contributed by atoms with van der Waals surface area (Å²) in [4.78, 5) is 24.0. The zero-order valence-corrected chi connectivity index (χ0v) is 10.8. The van der Waals surface area contributed by atoms with Gasteiger partial charge >= 0.3 is 5.97 Å². The van der Waals surface area contributed by atoms with E-state index in [1.54, 1.807) is 0 Å². The van der Waals surface area contributed by atoms with E-state index >= 15 is 0 Å². The highest BCUT2D eigenvalue weighted by Crippen LogP contribution is 2.24. The van der Waals surface area contributed by atoms with Crippen LogP contribution in [0.3, 0.4) is 0 Å².